The van der Waals surface area contributed by atoms with Crippen LogP contribution in [0.25, 0.3) is 5.69 Å². The summed E-state index contributed by atoms with van der Waals surface area (Å²) in [5, 5.41) is 9.30. The maximum atomic E-state index is 6.37. The van der Waals surface area contributed by atoms with Crippen molar-refractivity contribution < 1.29 is 0 Å². The minimum atomic E-state index is 0.449. The van der Waals surface area contributed by atoms with E-state index in [2.05, 4.69) is 54.2 Å². The highest BCUT2D eigenvalue weighted by Crippen LogP contribution is 2.33. The predicted molar refractivity (Wildman–Crippen MR) is 104 cm³/mol. The van der Waals surface area contributed by atoms with Gasteiger partial charge in [0.05, 0.1) is 11.4 Å². The lowest BCUT2D eigenvalue weighted by atomic mass is 10.0. The lowest BCUT2D eigenvalue weighted by Gasteiger charge is -2.14. The summed E-state index contributed by atoms with van der Waals surface area (Å²) >= 11 is 6.37. The summed E-state index contributed by atoms with van der Waals surface area (Å²) < 4.78 is 2.09. The van der Waals surface area contributed by atoms with Crippen LogP contribution in [0, 0.1) is 0 Å². The Morgan fingerprint density at radius 2 is 1.88 bits per heavy atom. The third kappa shape index (κ3) is 2.93. The van der Waals surface area contributed by atoms with Gasteiger partial charge in [0.1, 0.15) is 5.82 Å². The maximum Gasteiger partial charge on any atom is 0.133 e. The minimum absolute atomic E-state index is 0.449. The Morgan fingerprint density at radius 1 is 1.12 bits per heavy atom. The largest absolute Gasteiger partial charge is 0.369 e. The molecule has 0 unspecified atom stereocenters. The molecule has 0 radical (unpaired) electrons. The number of fused-ring (bicyclic) bond motifs is 1. The zero-order valence-corrected chi connectivity index (χ0v) is 15.3. The van der Waals surface area contributed by atoms with Crippen molar-refractivity contribution in [3.8, 4) is 5.69 Å². The molecule has 2 heterocycles. The van der Waals surface area contributed by atoms with Crippen LogP contribution >= 0.6 is 11.6 Å². The Bertz CT molecular complexity index is 911. The summed E-state index contributed by atoms with van der Waals surface area (Å²) in [5.74, 6) is 1.58. The van der Waals surface area contributed by atoms with Gasteiger partial charge in [0, 0.05) is 23.6 Å². The Morgan fingerprint density at radius 3 is 2.68 bits per heavy atom. The van der Waals surface area contributed by atoms with E-state index in [4.69, 9.17) is 16.7 Å². The van der Waals surface area contributed by atoms with Crippen LogP contribution in [0.1, 0.15) is 42.1 Å². The van der Waals surface area contributed by atoms with Crippen molar-refractivity contribution >= 4 is 17.4 Å². The van der Waals surface area contributed by atoms with Gasteiger partial charge in [-0.3, -0.25) is 0 Å². The molecule has 2 aromatic carbocycles. The fraction of sp³-hybridized carbons (Fsp3) is 0.286. The summed E-state index contributed by atoms with van der Waals surface area (Å²) in [6, 6.07) is 16.6. The van der Waals surface area contributed by atoms with E-state index in [0.717, 1.165) is 47.2 Å². The molecule has 3 nitrogen and oxygen atoms in total. The fourth-order valence-electron chi connectivity index (χ4n) is 3.55. The van der Waals surface area contributed by atoms with Gasteiger partial charge in [-0.1, -0.05) is 61.8 Å². The van der Waals surface area contributed by atoms with Crippen molar-refractivity contribution in [3.63, 3.8) is 0 Å². The number of hydrogen-bond acceptors (Lipinski definition) is 2. The van der Waals surface area contributed by atoms with Gasteiger partial charge in [0.2, 0.25) is 0 Å². The lowest BCUT2D eigenvalue weighted by Crippen LogP contribution is -2.08. The van der Waals surface area contributed by atoms with E-state index < -0.39 is 0 Å². The standard InChI is InChI=1S/C21H22ClN3/c1-14(2)16-8-4-6-10-20(16)25-21-17(11-12-23-21)19(24-25)13-15-7-3-5-9-18(15)22/h3-10,14,23H,11-13H2,1-2H3. The van der Waals surface area contributed by atoms with Crippen LogP contribution in [0.4, 0.5) is 5.82 Å². The van der Waals surface area contributed by atoms with E-state index in [1.165, 1.54) is 11.1 Å². The average molecular weight is 352 g/mol. The van der Waals surface area contributed by atoms with Gasteiger partial charge in [-0.2, -0.15) is 5.10 Å². The van der Waals surface area contributed by atoms with Crippen LogP contribution in [0.2, 0.25) is 5.02 Å². The Labute approximate surface area is 153 Å². The molecule has 4 heteroatoms. The summed E-state index contributed by atoms with van der Waals surface area (Å²) in [6.45, 7) is 5.41. The number of nitrogens with zero attached hydrogens (tertiary/aromatic N) is 2. The molecule has 1 aliphatic heterocycles. The van der Waals surface area contributed by atoms with E-state index in [1.807, 2.05) is 18.2 Å². The highest BCUT2D eigenvalue weighted by Gasteiger charge is 2.24. The molecule has 1 aliphatic rings. The van der Waals surface area contributed by atoms with Crippen molar-refractivity contribution in [1.82, 2.24) is 9.78 Å². The molecule has 0 amide bonds. The smallest absolute Gasteiger partial charge is 0.133 e. The molecule has 3 aromatic rings. The monoisotopic (exact) mass is 351 g/mol. The SMILES string of the molecule is CC(C)c1ccccc1-n1nc(Cc2ccccc2Cl)c2c1NCC2. The van der Waals surface area contributed by atoms with Crippen molar-refractivity contribution in [2.24, 2.45) is 0 Å². The molecule has 128 valence electrons. The molecule has 1 aromatic heterocycles. The number of rotatable bonds is 4. The molecule has 0 aliphatic carbocycles. The fourth-order valence-corrected chi connectivity index (χ4v) is 3.76. The van der Waals surface area contributed by atoms with E-state index >= 15 is 0 Å². The van der Waals surface area contributed by atoms with Crippen LogP contribution < -0.4 is 5.32 Å². The van der Waals surface area contributed by atoms with E-state index in [1.54, 1.807) is 0 Å². The number of anilines is 1. The van der Waals surface area contributed by atoms with Crippen LogP contribution in [0.5, 0.6) is 0 Å². The molecular weight excluding hydrogens is 330 g/mol. The quantitative estimate of drug-likeness (QED) is 0.699. The predicted octanol–water partition coefficient (Wildman–Crippen LogP) is 5.21. The van der Waals surface area contributed by atoms with Gasteiger partial charge in [0.15, 0.2) is 0 Å². The third-order valence-corrected chi connectivity index (χ3v) is 5.21. The van der Waals surface area contributed by atoms with Gasteiger partial charge in [0.25, 0.3) is 0 Å². The summed E-state index contributed by atoms with van der Waals surface area (Å²) in [4.78, 5) is 0. The van der Waals surface area contributed by atoms with Gasteiger partial charge in [-0.15, -0.1) is 0 Å². The van der Waals surface area contributed by atoms with E-state index in [9.17, 15) is 0 Å². The lowest BCUT2D eigenvalue weighted by molar-refractivity contribution is 0.795. The number of hydrogen-bond donors (Lipinski definition) is 1. The Hall–Kier alpha value is -2.26. The molecule has 0 bridgehead atoms. The third-order valence-electron chi connectivity index (χ3n) is 4.84. The summed E-state index contributed by atoms with van der Waals surface area (Å²) in [5.41, 5.74) is 6.03. The topological polar surface area (TPSA) is 29.9 Å². The first-order valence-electron chi connectivity index (χ1n) is 8.82. The normalized spacial score (nSPS) is 13.1. The summed E-state index contributed by atoms with van der Waals surface area (Å²) in [6.07, 6.45) is 1.78. The number of halogens is 1. The average Bonchev–Trinajstić information content (AvgIpc) is 3.20. The molecule has 0 spiro atoms. The molecular formula is C21H22ClN3. The minimum Gasteiger partial charge on any atom is -0.369 e. The highest BCUT2D eigenvalue weighted by atomic mass is 35.5. The second-order valence-electron chi connectivity index (χ2n) is 6.84. The molecule has 0 atom stereocenters. The molecule has 1 N–H and O–H groups in total. The zero-order chi connectivity index (χ0) is 17.4. The Balaban J connectivity index is 1.81. The summed E-state index contributed by atoms with van der Waals surface area (Å²) in [7, 11) is 0. The highest BCUT2D eigenvalue weighted by molar-refractivity contribution is 6.31. The second kappa shape index (κ2) is 6.57. The molecule has 25 heavy (non-hydrogen) atoms. The van der Waals surface area contributed by atoms with Crippen molar-refractivity contribution in [2.45, 2.75) is 32.6 Å². The molecule has 0 saturated carbocycles. The Kier molecular flexibility index (Phi) is 4.26. The van der Waals surface area contributed by atoms with Crippen molar-refractivity contribution in [2.75, 3.05) is 11.9 Å². The maximum absolute atomic E-state index is 6.37. The first kappa shape index (κ1) is 16.2. The zero-order valence-electron chi connectivity index (χ0n) is 14.6. The van der Waals surface area contributed by atoms with Gasteiger partial charge >= 0.3 is 0 Å². The molecule has 0 saturated heterocycles. The van der Waals surface area contributed by atoms with Gasteiger partial charge in [-0.05, 0) is 35.6 Å². The second-order valence-corrected chi connectivity index (χ2v) is 7.25. The van der Waals surface area contributed by atoms with Crippen LogP contribution in [-0.2, 0) is 12.8 Å². The van der Waals surface area contributed by atoms with Crippen molar-refractivity contribution in [1.29, 1.82) is 0 Å². The first-order valence-corrected chi connectivity index (χ1v) is 9.20. The van der Waals surface area contributed by atoms with Crippen LogP contribution in [0.3, 0.4) is 0 Å². The number of para-hydroxylation sites is 1. The van der Waals surface area contributed by atoms with Crippen LogP contribution in [0.15, 0.2) is 48.5 Å². The molecule has 0 fully saturated rings. The van der Waals surface area contributed by atoms with Gasteiger partial charge < -0.3 is 5.32 Å². The number of nitrogens with one attached hydrogen (secondary N) is 1. The first-order chi connectivity index (χ1) is 12.1. The number of benzene rings is 2. The van der Waals surface area contributed by atoms with Crippen molar-refractivity contribution in [3.05, 3.63) is 75.9 Å². The molecule has 4 rings (SSSR count). The number of aromatic nitrogens is 2. The van der Waals surface area contributed by atoms with Gasteiger partial charge in [-0.25, -0.2) is 4.68 Å². The van der Waals surface area contributed by atoms with E-state index in [-0.39, 0.29) is 0 Å². The van der Waals surface area contributed by atoms with Crippen LogP contribution in [-0.4, -0.2) is 16.3 Å². The van der Waals surface area contributed by atoms with E-state index in [0.29, 0.717) is 5.92 Å².